The zero-order chi connectivity index (χ0) is 25.3. The van der Waals surface area contributed by atoms with Crippen molar-refractivity contribution in [3.63, 3.8) is 0 Å². The zero-order valence-corrected chi connectivity index (χ0v) is 20.2. The molecule has 0 aliphatic heterocycles. The molecule has 0 unspecified atom stereocenters. The molecule has 0 fully saturated rings. The fraction of sp³-hybridized carbons (Fsp3) is 0.185. The van der Waals surface area contributed by atoms with Crippen molar-refractivity contribution in [1.82, 2.24) is 0 Å². The van der Waals surface area contributed by atoms with Crippen LogP contribution in [0.5, 0.6) is 0 Å². The van der Waals surface area contributed by atoms with E-state index in [4.69, 9.17) is 0 Å². The molecule has 5 rings (SSSR count). The van der Waals surface area contributed by atoms with E-state index in [9.17, 15) is 8.78 Å². The third-order valence-corrected chi connectivity index (χ3v) is 8.49. The SMILES string of the molecule is C=Cc1ccc(-c2cc(C3=C(c4c(C)sc5ccccc45)C(F)(F)C(F)(F)C3(F)F)c(C)s2)cc1. The fourth-order valence-corrected chi connectivity index (χ4v) is 6.65. The Bertz CT molecular complexity index is 1500. The first-order chi connectivity index (χ1) is 16.4. The minimum absolute atomic E-state index is 0.245. The predicted octanol–water partition coefficient (Wildman–Crippen LogP) is 9.72. The molecule has 0 spiro atoms. The molecule has 1 aliphatic carbocycles. The Labute approximate surface area is 205 Å². The summed E-state index contributed by atoms with van der Waals surface area (Å²) in [6.45, 7) is 6.65. The normalized spacial score (nSPS) is 18.4. The summed E-state index contributed by atoms with van der Waals surface area (Å²) in [5, 5.41) is 0.254. The van der Waals surface area contributed by atoms with Gasteiger partial charge in [0.1, 0.15) is 0 Å². The van der Waals surface area contributed by atoms with E-state index >= 15 is 17.6 Å². The van der Waals surface area contributed by atoms with Gasteiger partial charge < -0.3 is 0 Å². The van der Waals surface area contributed by atoms with E-state index in [0.29, 0.717) is 15.1 Å². The summed E-state index contributed by atoms with van der Waals surface area (Å²) in [5.74, 6) is -15.7. The van der Waals surface area contributed by atoms with Crippen molar-refractivity contribution in [2.45, 2.75) is 31.6 Å². The van der Waals surface area contributed by atoms with Crippen LogP contribution in [0.25, 0.3) is 37.7 Å². The molecule has 0 saturated carbocycles. The number of aryl methyl sites for hydroxylation is 2. The average molecular weight is 521 g/mol. The molecular weight excluding hydrogens is 502 g/mol. The molecule has 2 aromatic carbocycles. The second-order valence-electron chi connectivity index (χ2n) is 8.41. The first-order valence-electron chi connectivity index (χ1n) is 10.6. The highest BCUT2D eigenvalue weighted by Crippen LogP contribution is 2.66. The highest BCUT2D eigenvalue weighted by molar-refractivity contribution is 7.19. The predicted molar refractivity (Wildman–Crippen MR) is 133 cm³/mol. The summed E-state index contributed by atoms with van der Waals surface area (Å²) in [4.78, 5) is 1.05. The topological polar surface area (TPSA) is 0 Å². The van der Waals surface area contributed by atoms with Crippen LogP contribution in [-0.4, -0.2) is 17.8 Å². The second-order valence-corrected chi connectivity index (χ2v) is 10.9. The number of hydrogen-bond donors (Lipinski definition) is 0. The number of hydrogen-bond acceptors (Lipinski definition) is 2. The number of alkyl halides is 6. The Morgan fingerprint density at radius 1 is 0.771 bits per heavy atom. The van der Waals surface area contributed by atoms with Crippen molar-refractivity contribution in [2.75, 3.05) is 0 Å². The largest absolute Gasteiger partial charge is 0.380 e. The Hall–Kier alpha value is -2.84. The van der Waals surface area contributed by atoms with Gasteiger partial charge in [-0.25, -0.2) is 0 Å². The van der Waals surface area contributed by atoms with Gasteiger partial charge in [-0.1, -0.05) is 55.1 Å². The number of halogens is 6. The highest BCUT2D eigenvalue weighted by Gasteiger charge is 2.80. The van der Waals surface area contributed by atoms with E-state index in [0.717, 1.165) is 28.2 Å². The van der Waals surface area contributed by atoms with E-state index < -0.39 is 28.9 Å². The lowest BCUT2D eigenvalue weighted by molar-refractivity contribution is -0.254. The molecule has 35 heavy (non-hydrogen) atoms. The van der Waals surface area contributed by atoms with Crippen molar-refractivity contribution in [3.8, 4) is 10.4 Å². The first-order valence-corrected chi connectivity index (χ1v) is 12.3. The van der Waals surface area contributed by atoms with E-state index in [1.807, 2.05) is 0 Å². The summed E-state index contributed by atoms with van der Waals surface area (Å²) < 4.78 is 91.6. The minimum atomic E-state index is -5.58. The summed E-state index contributed by atoms with van der Waals surface area (Å²) in [6.07, 6.45) is 1.64. The molecule has 0 radical (unpaired) electrons. The van der Waals surface area contributed by atoms with Crippen LogP contribution in [0.2, 0.25) is 0 Å². The van der Waals surface area contributed by atoms with Crippen LogP contribution in [0, 0.1) is 13.8 Å². The first kappa shape index (κ1) is 23.9. The molecule has 2 heterocycles. The monoisotopic (exact) mass is 520 g/mol. The van der Waals surface area contributed by atoms with Crippen LogP contribution in [0.3, 0.4) is 0 Å². The summed E-state index contributed by atoms with van der Waals surface area (Å²) in [5.41, 5.74) is -1.63. The second kappa shape index (κ2) is 7.83. The maximum absolute atomic E-state index is 15.3. The van der Waals surface area contributed by atoms with E-state index in [2.05, 4.69) is 6.58 Å². The molecule has 1 aliphatic rings. The lowest BCUT2D eigenvalue weighted by Gasteiger charge is -2.25. The van der Waals surface area contributed by atoms with Crippen LogP contribution < -0.4 is 0 Å². The molecule has 0 atom stereocenters. The van der Waals surface area contributed by atoms with Gasteiger partial charge in [0.25, 0.3) is 0 Å². The Balaban J connectivity index is 1.83. The van der Waals surface area contributed by atoms with Gasteiger partial charge in [0.15, 0.2) is 0 Å². The van der Waals surface area contributed by atoms with Gasteiger partial charge in [-0.3, -0.25) is 0 Å². The maximum atomic E-state index is 15.3. The standard InChI is InChI=1S/C27H18F6S2/c1-4-16-9-11-17(12-10-16)21-13-19(14(2)34-21)23-24(26(30,31)27(32,33)25(23,28)29)22-15(3)35-20-8-6-5-7-18(20)22/h4-13H,1H2,2-3H3. The Morgan fingerprint density at radius 3 is 2.06 bits per heavy atom. The average Bonchev–Trinajstić information content (AvgIpc) is 3.38. The van der Waals surface area contributed by atoms with E-state index in [1.54, 1.807) is 48.5 Å². The molecule has 8 heteroatoms. The molecule has 4 aromatic rings. The molecule has 0 N–H and O–H groups in total. The van der Waals surface area contributed by atoms with Gasteiger partial charge >= 0.3 is 17.8 Å². The summed E-state index contributed by atoms with van der Waals surface area (Å²) in [7, 11) is 0. The third kappa shape index (κ3) is 3.26. The molecule has 0 amide bonds. The van der Waals surface area contributed by atoms with Gasteiger partial charge in [0.05, 0.1) is 0 Å². The third-order valence-electron chi connectivity index (χ3n) is 6.31. The Morgan fingerprint density at radius 2 is 1.40 bits per heavy atom. The van der Waals surface area contributed by atoms with Crippen molar-refractivity contribution in [2.24, 2.45) is 0 Å². The van der Waals surface area contributed by atoms with Crippen LogP contribution in [0.15, 0.2) is 61.2 Å². The highest BCUT2D eigenvalue weighted by atomic mass is 32.1. The van der Waals surface area contributed by atoms with Gasteiger partial charge in [0.2, 0.25) is 0 Å². The molecule has 2 aromatic heterocycles. The number of fused-ring (bicyclic) bond motifs is 1. The van der Waals surface area contributed by atoms with E-state index in [1.165, 1.54) is 26.0 Å². The van der Waals surface area contributed by atoms with Crippen molar-refractivity contribution in [1.29, 1.82) is 0 Å². The molecular formula is C27H18F6S2. The summed E-state index contributed by atoms with van der Waals surface area (Å²) >= 11 is 2.21. The summed E-state index contributed by atoms with van der Waals surface area (Å²) in [6, 6.07) is 14.7. The van der Waals surface area contributed by atoms with Gasteiger partial charge in [-0.05, 0) is 42.7 Å². The number of rotatable bonds is 4. The fourth-order valence-electron chi connectivity index (χ4n) is 4.55. The van der Waals surface area contributed by atoms with Gasteiger partial charge in [-0.2, -0.15) is 26.3 Å². The van der Waals surface area contributed by atoms with Crippen LogP contribution >= 0.6 is 22.7 Å². The number of allylic oxidation sites excluding steroid dienone is 2. The van der Waals surface area contributed by atoms with Gasteiger partial charge in [0, 0.05) is 41.4 Å². The van der Waals surface area contributed by atoms with Crippen molar-refractivity contribution < 1.29 is 26.3 Å². The molecule has 180 valence electrons. The van der Waals surface area contributed by atoms with Crippen molar-refractivity contribution in [3.05, 3.63) is 87.6 Å². The number of benzene rings is 2. The van der Waals surface area contributed by atoms with Crippen LogP contribution in [-0.2, 0) is 0 Å². The van der Waals surface area contributed by atoms with E-state index in [-0.39, 0.29) is 26.3 Å². The quantitative estimate of drug-likeness (QED) is 0.235. The lowest BCUT2D eigenvalue weighted by atomic mass is 9.93. The Kier molecular flexibility index (Phi) is 5.34. The zero-order valence-electron chi connectivity index (χ0n) is 18.6. The minimum Gasteiger partial charge on any atom is -0.194 e. The number of thiophene rings is 2. The smallest absolute Gasteiger partial charge is 0.194 e. The molecule has 0 saturated heterocycles. The maximum Gasteiger partial charge on any atom is 0.380 e. The molecule has 0 bridgehead atoms. The lowest BCUT2D eigenvalue weighted by Crippen LogP contribution is -2.48. The van der Waals surface area contributed by atoms with Crippen LogP contribution in [0.4, 0.5) is 26.3 Å². The van der Waals surface area contributed by atoms with Crippen molar-refractivity contribution >= 4 is 50.0 Å². The van der Waals surface area contributed by atoms with Crippen LogP contribution in [0.1, 0.15) is 26.4 Å². The molecule has 0 nitrogen and oxygen atoms in total. The van der Waals surface area contributed by atoms with Gasteiger partial charge in [-0.15, -0.1) is 22.7 Å².